The summed E-state index contributed by atoms with van der Waals surface area (Å²) in [7, 11) is 0. The van der Waals surface area contributed by atoms with Crippen LogP contribution in [0.25, 0.3) is 0 Å². The van der Waals surface area contributed by atoms with Crippen LogP contribution in [-0.2, 0) is 0 Å². The summed E-state index contributed by atoms with van der Waals surface area (Å²) in [6, 6.07) is 4.87. The minimum Gasteiger partial charge on any atom is -0.389 e. The molecule has 0 aliphatic carbocycles. The Morgan fingerprint density at radius 1 is 1.47 bits per heavy atom. The number of hydrogen-bond acceptors (Lipinski definition) is 3. The van der Waals surface area contributed by atoms with Crippen molar-refractivity contribution in [1.82, 2.24) is 9.78 Å². The van der Waals surface area contributed by atoms with Gasteiger partial charge in [0, 0.05) is 17.8 Å². The van der Waals surface area contributed by atoms with Gasteiger partial charge >= 0.3 is 0 Å². The van der Waals surface area contributed by atoms with E-state index in [-0.39, 0.29) is 11.0 Å². The van der Waals surface area contributed by atoms with Crippen LogP contribution in [0, 0.1) is 5.82 Å². The first kappa shape index (κ1) is 13.5. The molecule has 1 aromatic heterocycles. The lowest BCUT2D eigenvalue weighted by atomic mass is 10.2. The van der Waals surface area contributed by atoms with Gasteiger partial charge in [0.2, 0.25) is 0 Å². The normalized spacial score (nSPS) is 10.7. The minimum absolute atomic E-state index is 0.179. The molecule has 4 nitrogen and oxygen atoms in total. The molecule has 0 fully saturated rings. The summed E-state index contributed by atoms with van der Waals surface area (Å²) in [6.07, 6.45) is 3.48. The Balaban J connectivity index is 2.20. The maximum atomic E-state index is 13.9. The molecular formula is C13H15FN4S. The first-order valence-electron chi connectivity index (χ1n) is 5.88. The second-order valence-electron chi connectivity index (χ2n) is 4.49. The summed E-state index contributed by atoms with van der Waals surface area (Å²) in [5, 5.41) is 7.15. The van der Waals surface area contributed by atoms with E-state index in [4.69, 9.17) is 18.0 Å². The van der Waals surface area contributed by atoms with Crippen LogP contribution in [0.1, 0.15) is 25.5 Å². The van der Waals surface area contributed by atoms with Crippen LogP contribution >= 0.6 is 12.2 Å². The fourth-order valence-corrected chi connectivity index (χ4v) is 1.74. The molecule has 2 rings (SSSR count). The van der Waals surface area contributed by atoms with Gasteiger partial charge < -0.3 is 11.1 Å². The van der Waals surface area contributed by atoms with Gasteiger partial charge in [-0.05, 0) is 32.0 Å². The maximum Gasteiger partial charge on any atom is 0.147 e. The molecule has 0 bridgehead atoms. The van der Waals surface area contributed by atoms with Crippen molar-refractivity contribution in [3.8, 4) is 0 Å². The third-order valence-electron chi connectivity index (χ3n) is 2.66. The number of benzene rings is 1. The smallest absolute Gasteiger partial charge is 0.147 e. The van der Waals surface area contributed by atoms with Crippen molar-refractivity contribution in [3.05, 3.63) is 42.0 Å². The molecule has 0 saturated carbocycles. The van der Waals surface area contributed by atoms with Gasteiger partial charge in [-0.3, -0.25) is 4.68 Å². The number of rotatable bonds is 4. The topological polar surface area (TPSA) is 55.9 Å². The van der Waals surface area contributed by atoms with Crippen LogP contribution in [0.3, 0.4) is 0 Å². The molecule has 0 amide bonds. The van der Waals surface area contributed by atoms with Crippen molar-refractivity contribution in [1.29, 1.82) is 0 Å². The first-order valence-corrected chi connectivity index (χ1v) is 6.28. The molecule has 0 aliphatic rings. The molecule has 3 N–H and O–H groups in total. The SMILES string of the molecule is CC(C)n1cc(Nc2ccc(C(N)=S)cc2F)cn1. The van der Waals surface area contributed by atoms with Gasteiger partial charge in [-0.15, -0.1) is 0 Å². The molecule has 1 aromatic carbocycles. The van der Waals surface area contributed by atoms with Crippen LogP contribution in [0.5, 0.6) is 0 Å². The molecule has 2 aromatic rings. The van der Waals surface area contributed by atoms with Crippen molar-refractivity contribution >= 4 is 28.6 Å². The van der Waals surface area contributed by atoms with E-state index in [9.17, 15) is 4.39 Å². The van der Waals surface area contributed by atoms with E-state index >= 15 is 0 Å². The molecule has 0 spiro atoms. The molecule has 1 heterocycles. The molecule has 0 radical (unpaired) electrons. The van der Waals surface area contributed by atoms with Crippen LogP contribution in [0.4, 0.5) is 15.8 Å². The zero-order valence-electron chi connectivity index (χ0n) is 10.7. The lowest BCUT2D eigenvalue weighted by Gasteiger charge is -2.07. The maximum absolute atomic E-state index is 13.9. The molecule has 19 heavy (non-hydrogen) atoms. The largest absolute Gasteiger partial charge is 0.389 e. The molecule has 0 aliphatic heterocycles. The molecule has 0 saturated heterocycles. The number of halogens is 1. The van der Waals surface area contributed by atoms with Crippen molar-refractivity contribution < 1.29 is 4.39 Å². The van der Waals surface area contributed by atoms with Crippen molar-refractivity contribution in [2.24, 2.45) is 5.73 Å². The van der Waals surface area contributed by atoms with Gasteiger partial charge in [-0.1, -0.05) is 12.2 Å². The van der Waals surface area contributed by atoms with E-state index in [0.717, 1.165) is 5.69 Å². The number of nitrogens with two attached hydrogens (primary N) is 1. The monoisotopic (exact) mass is 278 g/mol. The minimum atomic E-state index is -0.400. The summed E-state index contributed by atoms with van der Waals surface area (Å²) < 4.78 is 15.7. The predicted octanol–water partition coefficient (Wildman–Crippen LogP) is 2.98. The zero-order valence-corrected chi connectivity index (χ0v) is 11.5. The number of nitrogens with one attached hydrogen (secondary N) is 1. The van der Waals surface area contributed by atoms with Gasteiger partial charge in [-0.2, -0.15) is 5.10 Å². The van der Waals surface area contributed by atoms with Gasteiger partial charge in [0.25, 0.3) is 0 Å². The summed E-state index contributed by atoms with van der Waals surface area (Å²) in [4.78, 5) is 0.179. The van der Waals surface area contributed by atoms with Gasteiger partial charge in [0.1, 0.15) is 10.8 Å². The fraction of sp³-hybridized carbons (Fsp3) is 0.231. The predicted molar refractivity (Wildman–Crippen MR) is 78.2 cm³/mol. The number of thiocarbonyl (C=S) groups is 1. The highest BCUT2D eigenvalue weighted by atomic mass is 32.1. The van der Waals surface area contributed by atoms with E-state index in [1.807, 2.05) is 20.0 Å². The third kappa shape index (κ3) is 3.08. The van der Waals surface area contributed by atoms with E-state index in [1.54, 1.807) is 23.0 Å². The summed E-state index contributed by atoms with van der Waals surface area (Å²) >= 11 is 4.80. The highest BCUT2D eigenvalue weighted by Gasteiger charge is 2.07. The summed E-state index contributed by atoms with van der Waals surface area (Å²) in [5.74, 6) is -0.400. The number of anilines is 2. The lowest BCUT2D eigenvalue weighted by molar-refractivity contribution is 0.532. The number of aromatic nitrogens is 2. The Kier molecular flexibility index (Phi) is 3.80. The van der Waals surface area contributed by atoms with E-state index in [0.29, 0.717) is 11.3 Å². The van der Waals surface area contributed by atoms with Crippen LogP contribution in [0.2, 0.25) is 0 Å². The number of hydrogen-bond donors (Lipinski definition) is 2. The van der Waals surface area contributed by atoms with Gasteiger partial charge in [-0.25, -0.2) is 4.39 Å². The first-order chi connectivity index (χ1) is 8.97. The van der Waals surface area contributed by atoms with E-state index in [2.05, 4.69) is 10.4 Å². The van der Waals surface area contributed by atoms with Gasteiger partial charge in [0.05, 0.1) is 17.6 Å². The van der Waals surface area contributed by atoms with Crippen molar-refractivity contribution in [2.45, 2.75) is 19.9 Å². The van der Waals surface area contributed by atoms with Crippen LogP contribution in [-0.4, -0.2) is 14.8 Å². The zero-order chi connectivity index (χ0) is 14.0. The summed E-state index contributed by atoms with van der Waals surface area (Å²) in [5.41, 5.74) is 7.06. The Morgan fingerprint density at radius 2 is 2.21 bits per heavy atom. The van der Waals surface area contributed by atoms with Crippen LogP contribution < -0.4 is 11.1 Å². The van der Waals surface area contributed by atoms with Crippen molar-refractivity contribution in [3.63, 3.8) is 0 Å². The van der Waals surface area contributed by atoms with Gasteiger partial charge in [0.15, 0.2) is 0 Å². The van der Waals surface area contributed by atoms with E-state index in [1.165, 1.54) is 6.07 Å². The average molecular weight is 278 g/mol. The Labute approximate surface area is 116 Å². The Morgan fingerprint density at radius 3 is 2.74 bits per heavy atom. The average Bonchev–Trinajstić information content (AvgIpc) is 2.80. The molecular weight excluding hydrogens is 263 g/mol. The second-order valence-corrected chi connectivity index (χ2v) is 4.93. The molecule has 100 valence electrons. The molecule has 0 unspecified atom stereocenters. The molecule has 0 atom stereocenters. The number of nitrogens with zero attached hydrogens (tertiary/aromatic N) is 2. The molecule has 6 heteroatoms. The van der Waals surface area contributed by atoms with Crippen molar-refractivity contribution in [2.75, 3.05) is 5.32 Å². The van der Waals surface area contributed by atoms with E-state index < -0.39 is 5.82 Å². The highest BCUT2D eigenvalue weighted by Crippen LogP contribution is 2.21. The standard InChI is InChI=1S/C13H15FN4S/c1-8(2)18-7-10(6-16-18)17-12-4-3-9(13(15)19)5-11(12)14/h3-8,17H,1-2H3,(H2,15,19). The Bertz CT molecular complexity index is 606. The third-order valence-corrected chi connectivity index (χ3v) is 2.90. The summed E-state index contributed by atoms with van der Waals surface area (Å²) in [6.45, 7) is 4.04. The quantitative estimate of drug-likeness (QED) is 0.844. The fourth-order valence-electron chi connectivity index (χ4n) is 1.61. The second kappa shape index (κ2) is 5.36. The highest BCUT2D eigenvalue weighted by molar-refractivity contribution is 7.80. The lowest BCUT2D eigenvalue weighted by Crippen LogP contribution is -2.09. The van der Waals surface area contributed by atoms with Crippen LogP contribution in [0.15, 0.2) is 30.6 Å². The Hall–Kier alpha value is -1.95.